The van der Waals surface area contributed by atoms with Crippen molar-refractivity contribution < 1.29 is 14.3 Å². The molecule has 106 valence electrons. The minimum Gasteiger partial charge on any atom is -0.459 e. The molecule has 1 aromatic rings. The molecule has 6 heteroatoms. The van der Waals surface area contributed by atoms with Crippen molar-refractivity contribution in [2.75, 3.05) is 13.2 Å². The Hall–Kier alpha value is -1.37. The van der Waals surface area contributed by atoms with Crippen LogP contribution in [0.15, 0.2) is 16.7 Å². The van der Waals surface area contributed by atoms with E-state index in [2.05, 4.69) is 10.3 Å². The molecule has 0 radical (unpaired) electrons. The number of amides is 1. The number of aliphatic hydroxyl groups excluding tert-OH is 1. The highest BCUT2D eigenvalue weighted by Crippen LogP contribution is 2.24. The van der Waals surface area contributed by atoms with Gasteiger partial charge in [-0.1, -0.05) is 0 Å². The highest BCUT2D eigenvalue weighted by atomic mass is 16.3. The number of aliphatic hydroxyl groups is 1. The number of nitrogen functional groups attached to an aromatic ring is 1. The summed E-state index contributed by atoms with van der Waals surface area (Å²) in [6.07, 6.45) is 5.64. The molecule has 1 saturated heterocycles. The molecule has 0 spiro atoms. The third-order valence-electron chi connectivity index (χ3n) is 3.65. The zero-order valence-electron chi connectivity index (χ0n) is 11.0. The van der Waals surface area contributed by atoms with E-state index in [0.29, 0.717) is 12.6 Å². The lowest BCUT2D eigenvalue weighted by molar-refractivity contribution is 0.0922. The predicted octanol–water partition coefficient (Wildman–Crippen LogP) is 0.620. The second-order valence-corrected chi connectivity index (χ2v) is 4.88. The molecule has 19 heavy (non-hydrogen) atoms. The van der Waals surface area contributed by atoms with Crippen LogP contribution in [0, 0.1) is 0 Å². The first kappa shape index (κ1) is 14.0. The van der Waals surface area contributed by atoms with Crippen LogP contribution in [-0.4, -0.2) is 35.1 Å². The van der Waals surface area contributed by atoms with Gasteiger partial charge >= 0.3 is 5.91 Å². The fourth-order valence-corrected chi connectivity index (χ4v) is 2.70. The predicted molar refractivity (Wildman–Crippen MR) is 70.1 cm³/mol. The summed E-state index contributed by atoms with van der Waals surface area (Å²) < 4.78 is 5.19. The summed E-state index contributed by atoms with van der Waals surface area (Å²) in [6.45, 7) is 1.94. The average molecular weight is 267 g/mol. The molecule has 0 saturated carbocycles. The van der Waals surface area contributed by atoms with Gasteiger partial charge in [0, 0.05) is 24.8 Å². The second-order valence-electron chi connectivity index (χ2n) is 4.88. The Kier molecular flexibility index (Phi) is 4.95. The third kappa shape index (κ3) is 3.34. The van der Waals surface area contributed by atoms with Crippen molar-refractivity contribution in [1.29, 1.82) is 0 Å². The Morgan fingerprint density at radius 3 is 3.21 bits per heavy atom. The molecule has 1 fully saturated rings. The monoisotopic (exact) mass is 267 g/mol. The van der Waals surface area contributed by atoms with Crippen LogP contribution in [0.25, 0.3) is 0 Å². The van der Waals surface area contributed by atoms with Crippen LogP contribution in [0.5, 0.6) is 0 Å². The van der Waals surface area contributed by atoms with Gasteiger partial charge < -0.3 is 9.52 Å². The summed E-state index contributed by atoms with van der Waals surface area (Å²) in [5, 5.41) is 8.92. The minimum atomic E-state index is -0.397. The highest BCUT2D eigenvalue weighted by Gasteiger charge is 2.26. The van der Waals surface area contributed by atoms with Crippen LogP contribution in [0.2, 0.25) is 0 Å². The number of rotatable bonds is 6. The Labute approximate surface area is 112 Å². The smallest absolute Gasteiger partial charge is 0.301 e. The molecule has 0 aromatic carbocycles. The number of nitrogens with one attached hydrogen (secondary N) is 1. The largest absolute Gasteiger partial charge is 0.459 e. The summed E-state index contributed by atoms with van der Waals surface area (Å²) in [7, 11) is 0. The highest BCUT2D eigenvalue weighted by molar-refractivity contribution is 5.92. The summed E-state index contributed by atoms with van der Waals surface area (Å²) in [5.74, 6) is 5.02. The molecule has 0 aliphatic carbocycles. The van der Waals surface area contributed by atoms with Gasteiger partial charge in [-0.2, -0.15) is 0 Å². The van der Waals surface area contributed by atoms with Gasteiger partial charge in [0.1, 0.15) is 0 Å². The quantitative estimate of drug-likeness (QED) is 0.399. The van der Waals surface area contributed by atoms with E-state index in [1.807, 2.05) is 6.07 Å². The maximum atomic E-state index is 11.5. The van der Waals surface area contributed by atoms with Crippen molar-refractivity contribution in [1.82, 2.24) is 10.3 Å². The molecule has 4 N–H and O–H groups in total. The van der Waals surface area contributed by atoms with Crippen molar-refractivity contribution in [3.63, 3.8) is 0 Å². The van der Waals surface area contributed by atoms with Crippen molar-refractivity contribution in [3.8, 4) is 0 Å². The molecule has 6 nitrogen and oxygen atoms in total. The number of hydrogen-bond acceptors (Lipinski definition) is 5. The lowest BCUT2D eigenvalue weighted by Crippen LogP contribution is -2.32. The maximum absolute atomic E-state index is 11.5. The van der Waals surface area contributed by atoms with Crippen LogP contribution in [0.1, 0.15) is 41.8 Å². The van der Waals surface area contributed by atoms with Crippen molar-refractivity contribution in [2.45, 2.75) is 38.3 Å². The van der Waals surface area contributed by atoms with Gasteiger partial charge in [0.15, 0.2) is 5.76 Å². The zero-order chi connectivity index (χ0) is 13.7. The van der Waals surface area contributed by atoms with E-state index in [4.69, 9.17) is 15.4 Å². The number of carbonyl (C=O) groups excluding carboxylic acids is 1. The van der Waals surface area contributed by atoms with Crippen LogP contribution in [-0.2, 0) is 6.54 Å². The summed E-state index contributed by atoms with van der Waals surface area (Å²) in [4.78, 5) is 13.9. The van der Waals surface area contributed by atoms with Gasteiger partial charge in [0.05, 0.1) is 6.26 Å². The number of hydrogen-bond donors (Lipinski definition) is 3. The Morgan fingerprint density at radius 1 is 1.63 bits per heavy atom. The van der Waals surface area contributed by atoms with E-state index in [-0.39, 0.29) is 12.4 Å². The Balaban J connectivity index is 2.00. The van der Waals surface area contributed by atoms with Crippen LogP contribution in [0.3, 0.4) is 0 Å². The molecule has 1 unspecified atom stereocenters. The van der Waals surface area contributed by atoms with Crippen LogP contribution < -0.4 is 11.3 Å². The summed E-state index contributed by atoms with van der Waals surface area (Å²) in [5.41, 5.74) is 2.95. The summed E-state index contributed by atoms with van der Waals surface area (Å²) in [6, 6.07) is 2.29. The molecule has 0 bridgehead atoms. The van der Waals surface area contributed by atoms with Gasteiger partial charge in [-0.05, 0) is 38.3 Å². The van der Waals surface area contributed by atoms with Crippen LogP contribution >= 0.6 is 0 Å². The van der Waals surface area contributed by atoms with E-state index in [1.165, 1.54) is 6.26 Å². The molecule has 2 heterocycles. The maximum Gasteiger partial charge on any atom is 0.301 e. The third-order valence-corrected chi connectivity index (χ3v) is 3.65. The molecule has 1 aliphatic rings. The van der Waals surface area contributed by atoms with Crippen molar-refractivity contribution in [3.05, 3.63) is 23.7 Å². The van der Waals surface area contributed by atoms with E-state index in [0.717, 1.165) is 37.8 Å². The number of likely N-dealkylation sites (tertiary alicyclic amines) is 1. The number of nitrogens with two attached hydrogens (primary N) is 1. The standard InChI is InChI=1S/C13H21N3O3/c14-15-13(18)12-10(5-8-19-12)9-16-6-1-3-11(16)4-2-7-17/h5,8,11,17H,1-4,6-7,9,14H2,(H,15,18). The van der Waals surface area contributed by atoms with E-state index >= 15 is 0 Å². The Morgan fingerprint density at radius 2 is 2.47 bits per heavy atom. The number of furan rings is 1. The molecular weight excluding hydrogens is 246 g/mol. The molecular formula is C13H21N3O3. The van der Waals surface area contributed by atoms with Crippen LogP contribution in [0.4, 0.5) is 0 Å². The molecule has 1 amide bonds. The summed E-state index contributed by atoms with van der Waals surface area (Å²) >= 11 is 0. The van der Waals surface area contributed by atoms with E-state index < -0.39 is 5.91 Å². The van der Waals surface area contributed by atoms with E-state index in [9.17, 15) is 4.79 Å². The lowest BCUT2D eigenvalue weighted by atomic mass is 10.1. The zero-order valence-corrected chi connectivity index (χ0v) is 11.0. The van der Waals surface area contributed by atoms with Gasteiger partial charge in [0.2, 0.25) is 0 Å². The van der Waals surface area contributed by atoms with Gasteiger partial charge in [0.25, 0.3) is 0 Å². The van der Waals surface area contributed by atoms with Gasteiger partial charge in [-0.15, -0.1) is 0 Å². The molecule has 1 aromatic heterocycles. The molecule has 1 atom stereocenters. The first-order valence-corrected chi connectivity index (χ1v) is 6.68. The topological polar surface area (TPSA) is 91.7 Å². The molecule has 2 rings (SSSR count). The van der Waals surface area contributed by atoms with Crippen molar-refractivity contribution >= 4 is 5.91 Å². The van der Waals surface area contributed by atoms with E-state index in [1.54, 1.807) is 0 Å². The lowest BCUT2D eigenvalue weighted by Gasteiger charge is -2.24. The fourth-order valence-electron chi connectivity index (χ4n) is 2.70. The fraction of sp³-hybridized carbons (Fsp3) is 0.615. The first-order valence-electron chi connectivity index (χ1n) is 6.68. The molecule has 1 aliphatic heterocycles. The SMILES string of the molecule is NNC(=O)c1occc1CN1CCCC1CCCO. The second kappa shape index (κ2) is 6.70. The average Bonchev–Trinajstić information content (AvgIpc) is 3.05. The van der Waals surface area contributed by atoms with Gasteiger partial charge in [-0.3, -0.25) is 15.1 Å². The van der Waals surface area contributed by atoms with Gasteiger partial charge in [-0.25, -0.2) is 5.84 Å². The number of hydrazine groups is 1. The normalized spacial score (nSPS) is 19.8. The number of nitrogens with zero attached hydrogens (tertiary/aromatic N) is 1. The Bertz CT molecular complexity index is 419. The number of carbonyl (C=O) groups is 1. The minimum absolute atomic E-state index is 0.233. The van der Waals surface area contributed by atoms with Crippen molar-refractivity contribution in [2.24, 2.45) is 5.84 Å². The first-order chi connectivity index (χ1) is 9.26.